The van der Waals surface area contributed by atoms with Crippen LogP contribution < -0.4 is 0 Å². The maximum absolute atomic E-state index is 13.0. The lowest BCUT2D eigenvalue weighted by Gasteiger charge is -2.34. The number of H-pyrrole nitrogens is 1. The minimum Gasteiger partial charge on any atom is -0.387 e. The summed E-state index contributed by atoms with van der Waals surface area (Å²) in [5, 5.41) is 11.7. The molecule has 1 aromatic carbocycles. The van der Waals surface area contributed by atoms with E-state index in [0.717, 1.165) is 29.3 Å². The number of amides is 1. The molecule has 5 nitrogen and oxygen atoms in total. The van der Waals surface area contributed by atoms with Gasteiger partial charge in [-0.05, 0) is 62.4 Å². The van der Waals surface area contributed by atoms with Gasteiger partial charge >= 0.3 is 0 Å². The lowest BCUT2D eigenvalue weighted by Crippen LogP contribution is -2.40. The van der Waals surface area contributed by atoms with Gasteiger partial charge < -0.3 is 15.0 Å². The van der Waals surface area contributed by atoms with Gasteiger partial charge in [0.1, 0.15) is 5.69 Å². The average Bonchev–Trinajstić information content (AvgIpc) is 3.04. The Hall–Kier alpha value is -2.66. The molecular formula is C22H25N3O2. The van der Waals surface area contributed by atoms with Gasteiger partial charge in [-0.25, -0.2) is 0 Å². The highest BCUT2D eigenvalue weighted by atomic mass is 16.3. The van der Waals surface area contributed by atoms with E-state index >= 15 is 0 Å². The second-order valence-corrected chi connectivity index (χ2v) is 7.50. The van der Waals surface area contributed by atoms with Crippen molar-refractivity contribution in [2.75, 3.05) is 13.1 Å². The van der Waals surface area contributed by atoms with Crippen molar-refractivity contribution in [1.82, 2.24) is 14.9 Å². The molecule has 27 heavy (non-hydrogen) atoms. The molecule has 0 saturated carbocycles. The molecular weight excluding hydrogens is 338 g/mol. The first-order valence-corrected chi connectivity index (χ1v) is 9.52. The van der Waals surface area contributed by atoms with Gasteiger partial charge in [-0.15, -0.1) is 0 Å². The zero-order chi connectivity index (χ0) is 19.0. The third kappa shape index (κ3) is 3.35. The fourth-order valence-corrected chi connectivity index (χ4v) is 4.02. The van der Waals surface area contributed by atoms with Gasteiger partial charge in [0.15, 0.2) is 0 Å². The summed E-state index contributed by atoms with van der Waals surface area (Å²) in [5.74, 6) is 0.183. The summed E-state index contributed by atoms with van der Waals surface area (Å²) in [7, 11) is 0. The number of benzene rings is 1. The number of carbonyl (C=O) groups excluding carboxylic acids is 1. The molecule has 0 radical (unpaired) electrons. The molecule has 2 aromatic heterocycles. The summed E-state index contributed by atoms with van der Waals surface area (Å²) in [5.41, 5.74) is 4.59. The van der Waals surface area contributed by atoms with Crippen molar-refractivity contribution in [3.8, 4) is 0 Å². The Morgan fingerprint density at radius 1 is 1.22 bits per heavy atom. The minimum absolute atomic E-state index is 0.0483. The fraction of sp³-hybridized carbons (Fsp3) is 0.364. The number of nitrogens with zero attached hydrogens (tertiary/aromatic N) is 2. The van der Waals surface area contributed by atoms with E-state index in [4.69, 9.17) is 0 Å². The third-order valence-corrected chi connectivity index (χ3v) is 5.69. The van der Waals surface area contributed by atoms with Crippen LogP contribution in [0.2, 0.25) is 0 Å². The Morgan fingerprint density at radius 3 is 2.70 bits per heavy atom. The highest BCUT2D eigenvalue weighted by Crippen LogP contribution is 2.31. The molecule has 1 aliphatic heterocycles. The van der Waals surface area contributed by atoms with Gasteiger partial charge in [0.2, 0.25) is 0 Å². The number of carbonyl (C=O) groups is 1. The Bertz CT molecular complexity index is 956. The van der Waals surface area contributed by atoms with Crippen molar-refractivity contribution in [2.45, 2.75) is 32.8 Å². The van der Waals surface area contributed by atoms with Crippen LogP contribution in [0.25, 0.3) is 10.9 Å². The molecule has 0 bridgehead atoms. The summed E-state index contributed by atoms with van der Waals surface area (Å²) in [6.07, 6.45) is 2.70. The Kier molecular flexibility index (Phi) is 4.70. The van der Waals surface area contributed by atoms with Gasteiger partial charge in [0.05, 0.1) is 11.8 Å². The summed E-state index contributed by atoms with van der Waals surface area (Å²) in [6.45, 7) is 5.37. The van der Waals surface area contributed by atoms with Crippen LogP contribution in [0.5, 0.6) is 0 Å². The summed E-state index contributed by atoms with van der Waals surface area (Å²) in [6, 6.07) is 11.8. The number of rotatable bonds is 3. The molecule has 140 valence electrons. The number of piperidine rings is 1. The number of aromatic nitrogens is 2. The molecule has 2 N–H and O–H groups in total. The molecule has 1 saturated heterocycles. The highest BCUT2D eigenvalue weighted by molar-refractivity contribution is 6.01. The molecule has 0 unspecified atom stereocenters. The van der Waals surface area contributed by atoms with Crippen molar-refractivity contribution in [2.24, 2.45) is 5.92 Å². The first-order valence-electron chi connectivity index (χ1n) is 9.52. The number of pyridine rings is 1. The summed E-state index contributed by atoms with van der Waals surface area (Å²) < 4.78 is 0. The molecule has 3 aromatic rings. The van der Waals surface area contributed by atoms with Gasteiger partial charge in [-0.1, -0.05) is 17.7 Å². The Morgan fingerprint density at radius 2 is 2.00 bits per heavy atom. The molecule has 3 heterocycles. The van der Waals surface area contributed by atoms with E-state index in [9.17, 15) is 9.90 Å². The van der Waals surface area contributed by atoms with Crippen molar-refractivity contribution in [3.05, 3.63) is 65.1 Å². The van der Waals surface area contributed by atoms with Crippen molar-refractivity contribution in [3.63, 3.8) is 0 Å². The maximum atomic E-state index is 13.0. The van der Waals surface area contributed by atoms with Crippen LogP contribution in [0.15, 0.2) is 42.6 Å². The number of fused-ring (bicyclic) bond motifs is 1. The Labute approximate surface area is 159 Å². The largest absolute Gasteiger partial charge is 0.387 e. The molecule has 4 rings (SSSR count). The topological polar surface area (TPSA) is 69.2 Å². The molecule has 0 spiro atoms. The lowest BCUT2D eigenvalue weighted by molar-refractivity contribution is 0.0444. The third-order valence-electron chi connectivity index (χ3n) is 5.69. The summed E-state index contributed by atoms with van der Waals surface area (Å²) in [4.78, 5) is 22.5. The van der Waals surface area contributed by atoms with Crippen LogP contribution in [-0.2, 0) is 0 Å². The zero-order valence-corrected chi connectivity index (χ0v) is 15.8. The van der Waals surface area contributed by atoms with Gasteiger partial charge in [-0.3, -0.25) is 9.78 Å². The number of aryl methyl sites for hydroxylation is 2. The van der Waals surface area contributed by atoms with Crippen molar-refractivity contribution in [1.29, 1.82) is 0 Å². The highest BCUT2D eigenvalue weighted by Gasteiger charge is 2.30. The second-order valence-electron chi connectivity index (χ2n) is 7.50. The quantitative estimate of drug-likeness (QED) is 0.744. The number of likely N-dealkylation sites (tertiary alicyclic amines) is 1. The lowest BCUT2D eigenvalue weighted by atomic mass is 9.89. The summed E-state index contributed by atoms with van der Waals surface area (Å²) >= 11 is 0. The van der Waals surface area contributed by atoms with E-state index in [1.165, 1.54) is 5.56 Å². The SMILES string of the molecule is Cc1ccc2[nH]c(C(=O)N3CCC([C@H](O)c4ccccn4)CC3)c(C)c2c1. The van der Waals surface area contributed by atoms with Crippen LogP contribution in [-0.4, -0.2) is 39.0 Å². The molecule has 1 amide bonds. The first kappa shape index (κ1) is 17.7. The predicted molar refractivity (Wildman–Crippen MR) is 106 cm³/mol. The average molecular weight is 363 g/mol. The number of hydrogen-bond acceptors (Lipinski definition) is 3. The zero-order valence-electron chi connectivity index (χ0n) is 15.8. The second kappa shape index (κ2) is 7.16. The monoisotopic (exact) mass is 363 g/mol. The van der Waals surface area contributed by atoms with E-state index in [1.54, 1.807) is 6.20 Å². The number of nitrogens with one attached hydrogen (secondary N) is 1. The van der Waals surface area contributed by atoms with E-state index < -0.39 is 6.10 Å². The molecule has 1 atom stereocenters. The maximum Gasteiger partial charge on any atom is 0.270 e. The molecule has 1 fully saturated rings. The first-order chi connectivity index (χ1) is 13.0. The fourth-order valence-electron chi connectivity index (χ4n) is 4.02. The number of aromatic amines is 1. The van der Waals surface area contributed by atoms with Crippen molar-refractivity contribution < 1.29 is 9.90 Å². The van der Waals surface area contributed by atoms with Gasteiger partial charge in [0, 0.05) is 30.2 Å². The smallest absolute Gasteiger partial charge is 0.270 e. The van der Waals surface area contributed by atoms with Gasteiger partial charge in [0.25, 0.3) is 5.91 Å². The van der Waals surface area contributed by atoms with Crippen LogP contribution in [0, 0.1) is 19.8 Å². The van der Waals surface area contributed by atoms with Crippen LogP contribution >= 0.6 is 0 Å². The number of hydrogen-bond donors (Lipinski definition) is 2. The Balaban J connectivity index is 1.47. The number of aliphatic hydroxyl groups is 1. The minimum atomic E-state index is -0.568. The van der Waals surface area contributed by atoms with Crippen LogP contribution in [0.4, 0.5) is 0 Å². The standard InChI is InChI=1S/C22H25N3O2/c1-14-6-7-18-17(13-14)15(2)20(24-18)22(27)25-11-8-16(9-12-25)21(26)19-5-3-4-10-23-19/h3-7,10,13,16,21,24,26H,8-9,11-12H2,1-2H3/t21-/m0/s1. The predicted octanol–water partition coefficient (Wildman–Crippen LogP) is 3.77. The number of aliphatic hydroxyl groups excluding tert-OH is 1. The normalized spacial score (nSPS) is 16.6. The van der Waals surface area contributed by atoms with Crippen LogP contribution in [0.3, 0.4) is 0 Å². The van der Waals surface area contributed by atoms with Crippen LogP contribution in [0.1, 0.15) is 46.3 Å². The van der Waals surface area contributed by atoms with E-state index in [1.807, 2.05) is 36.1 Å². The molecule has 1 aliphatic rings. The van der Waals surface area contributed by atoms with Gasteiger partial charge in [-0.2, -0.15) is 0 Å². The molecule has 0 aliphatic carbocycles. The van der Waals surface area contributed by atoms with E-state index in [-0.39, 0.29) is 11.8 Å². The van der Waals surface area contributed by atoms with Crippen molar-refractivity contribution >= 4 is 16.8 Å². The molecule has 5 heteroatoms. The van der Waals surface area contributed by atoms with E-state index in [2.05, 4.69) is 29.0 Å². The van der Waals surface area contributed by atoms with E-state index in [0.29, 0.717) is 24.5 Å².